The van der Waals surface area contributed by atoms with Crippen LogP contribution < -0.4 is 0 Å². The van der Waals surface area contributed by atoms with Crippen LogP contribution in [0.2, 0.25) is 0 Å². The molecule has 0 aromatic rings. The maximum absolute atomic E-state index is 5.59. The largest absolute Gasteiger partial charge is 0.364 e. The molecule has 0 spiro atoms. The Bertz CT molecular complexity index is 235. The number of ether oxygens (including phenoxy) is 2. The summed E-state index contributed by atoms with van der Waals surface area (Å²) in [6.07, 6.45) is 13.9. The Balaban J connectivity index is 1.46. The van der Waals surface area contributed by atoms with Crippen molar-refractivity contribution in [1.29, 1.82) is 0 Å². The van der Waals surface area contributed by atoms with Gasteiger partial charge in [-0.25, -0.2) is 4.90 Å². The van der Waals surface area contributed by atoms with Gasteiger partial charge in [0.2, 0.25) is 0 Å². The Kier molecular flexibility index (Phi) is 6.62. The maximum atomic E-state index is 5.59. The molecule has 2 heterocycles. The summed E-state index contributed by atoms with van der Waals surface area (Å²) in [4.78, 5) is 2.37. The first-order valence-corrected chi connectivity index (χ1v) is 8.28. The molecule has 3 heteroatoms. The molecule has 0 N–H and O–H groups in total. The fourth-order valence-electron chi connectivity index (χ4n) is 3.29. The molecule has 0 aliphatic carbocycles. The van der Waals surface area contributed by atoms with Crippen LogP contribution in [0.1, 0.15) is 71.1 Å². The molecule has 0 amide bonds. The molecule has 2 fully saturated rings. The van der Waals surface area contributed by atoms with Crippen LogP contribution in [0.15, 0.2) is 0 Å². The highest BCUT2D eigenvalue weighted by atomic mass is 16.6. The van der Waals surface area contributed by atoms with Gasteiger partial charge in [-0.15, -0.1) is 0 Å². The topological polar surface area (TPSA) is 21.7 Å². The standard InChI is InChI=1S/C16H31NO2/c1-2-3-4-5-6-7-8-9-10-11-16-12-18-14-17(16)15-19-13-16/h2-15H2,1H3. The maximum Gasteiger partial charge on any atom is 0.101 e. The van der Waals surface area contributed by atoms with Crippen molar-refractivity contribution in [2.75, 3.05) is 26.7 Å². The molecule has 2 rings (SSSR count). The summed E-state index contributed by atoms with van der Waals surface area (Å²) < 4.78 is 11.2. The molecule has 2 aliphatic heterocycles. The van der Waals surface area contributed by atoms with Gasteiger partial charge in [0.05, 0.1) is 18.8 Å². The predicted molar refractivity (Wildman–Crippen MR) is 78.1 cm³/mol. The highest BCUT2D eigenvalue weighted by Gasteiger charge is 2.45. The number of nitrogens with zero attached hydrogens (tertiary/aromatic N) is 1. The average Bonchev–Trinajstić information content (AvgIpc) is 2.96. The molecule has 112 valence electrons. The molecule has 0 radical (unpaired) electrons. The lowest BCUT2D eigenvalue weighted by molar-refractivity contribution is 0.0695. The fraction of sp³-hybridized carbons (Fsp3) is 1.00. The van der Waals surface area contributed by atoms with E-state index in [0.717, 1.165) is 26.7 Å². The van der Waals surface area contributed by atoms with Crippen LogP contribution in [0.4, 0.5) is 0 Å². The van der Waals surface area contributed by atoms with Crippen LogP contribution in [-0.2, 0) is 9.47 Å². The number of unbranched alkanes of at least 4 members (excludes halogenated alkanes) is 8. The van der Waals surface area contributed by atoms with Gasteiger partial charge < -0.3 is 9.47 Å². The van der Waals surface area contributed by atoms with Crippen molar-refractivity contribution in [3.05, 3.63) is 0 Å². The third kappa shape index (κ3) is 4.44. The van der Waals surface area contributed by atoms with Crippen molar-refractivity contribution in [2.45, 2.75) is 76.7 Å². The second-order valence-electron chi connectivity index (χ2n) is 6.30. The molecule has 2 aliphatic rings. The third-order valence-electron chi connectivity index (χ3n) is 4.65. The first-order chi connectivity index (χ1) is 9.37. The van der Waals surface area contributed by atoms with Gasteiger partial charge in [0.15, 0.2) is 0 Å². The molecular weight excluding hydrogens is 238 g/mol. The van der Waals surface area contributed by atoms with Gasteiger partial charge in [-0.05, 0) is 6.42 Å². The van der Waals surface area contributed by atoms with E-state index in [2.05, 4.69) is 11.8 Å². The van der Waals surface area contributed by atoms with E-state index in [1.54, 1.807) is 0 Å². The smallest absolute Gasteiger partial charge is 0.101 e. The van der Waals surface area contributed by atoms with Gasteiger partial charge in [0.25, 0.3) is 0 Å². The summed E-state index contributed by atoms with van der Waals surface area (Å²) in [5.41, 5.74) is 0.237. The highest BCUT2D eigenvalue weighted by molar-refractivity contribution is 4.95. The van der Waals surface area contributed by atoms with E-state index in [0.29, 0.717) is 0 Å². The molecule has 0 atom stereocenters. The molecule has 0 aromatic heterocycles. The lowest BCUT2D eigenvalue weighted by Crippen LogP contribution is -2.42. The Morgan fingerprint density at radius 1 is 0.789 bits per heavy atom. The van der Waals surface area contributed by atoms with Crippen molar-refractivity contribution in [1.82, 2.24) is 4.90 Å². The van der Waals surface area contributed by atoms with E-state index < -0.39 is 0 Å². The number of hydrogen-bond acceptors (Lipinski definition) is 3. The van der Waals surface area contributed by atoms with Gasteiger partial charge in [0, 0.05) is 0 Å². The minimum absolute atomic E-state index is 0.237. The van der Waals surface area contributed by atoms with E-state index in [1.165, 1.54) is 64.2 Å². The average molecular weight is 269 g/mol. The Hall–Kier alpha value is -0.120. The van der Waals surface area contributed by atoms with E-state index in [-0.39, 0.29) is 5.54 Å². The van der Waals surface area contributed by atoms with Crippen molar-refractivity contribution in [2.24, 2.45) is 0 Å². The minimum atomic E-state index is 0.237. The zero-order valence-corrected chi connectivity index (χ0v) is 12.7. The molecule has 19 heavy (non-hydrogen) atoms. The second kappa shape index (κ2) is 8.23. The third-order valence-corrected chi connectivity index (χ3v) is 4.65. The number of rotatable bonds is 10. The predicted octanol–water partition coefficient (Wildman–Crippen LogP) is 3.92. The lowest BCUT2D eigenvalue weighted by Gasteiger charge is -2.27. The molecule has 0 bridgehead atoms. The minimum Gasteiger partial charge on any atom is -0.364 e. The lowest BCUT2D eigenvalue weighted by atomic mass is 9.93. The molecule has 0 unspecified atom stereocenters. The zero-order valence-electron chi connectivity index (χ0n) is 12.7. The summed E-state index contributed by atoms with van der Waals surface area (Å²) in [5, 5.41) is 0. The van der Waals surface area contributed by atoms with Crippen LogP contribution in [0, 0.1) is 0 Å². The molecule has 3 nitrogen and oxygen atoms in total. The van der Waals surface area contributed by atoms with Gasteiger partial charge in [-0.2, -0.15) is 0 Å². The first kappa shape index (κ1) is 15.3. The summed E-state index contributed by atoms with van der Waals surface area (Å²) in [7, 11) is 0. The molecule has 2 saturated heterocycles. The SMILES string of the molecule is CCCCCCCCCCCC12COCN1COC2. The van der Waals surface area contributed by atoms with Gasteiger partial charge >= 0.3 is 0 Å². The first-order valence-electron chi connectivity index (χ1n) is 8.28. The van der Waals surface area contributed by atoms with E-state index >= 15 is 0 Å². The fourth-order valence-corrected chi connectivity index (χ4v) is 3.29. The van der Waals surface area contributed by atoms with E-state index in [1.807, 2.05) is 0 Å². The van der Waals surface area contributed by atoms with Crippen molar-refractivity contribution in [3.8, 4) is 0 Å². The number of hydrogen-bond donors (Lipinski definition) is 0. The van der Waals surface area contributed by atoms with Crippen LogP contribution in [0.25, 0.3) is 0 Å². The summed E-state index contributed by atoms with van der Waals surface area (Å²) in [6, 6.07) is 0. The van der Waals surface area contributed by atoms with Gasteiger partial charge in [-0.1, -0.05) is 64.7 Å². The highest BCUT2D eigenvalue weighted by Crippen LogP contribution is 2.33. The summed E-state index contributed by atoms with van der Waals surface area (Å²) >= 11 is 0. The Morgan fingerprint density at radius 2 is 1.32 bits per heavy atom. The van der Waals surface area contributed by atoms with Crippen molar-refractivity contribution < 1.29 is 9.47 Å². The van der Waals surface area contributed by atoms with E-state index in [4.69, 9.17) is 9.47 Å². The zero-order chi connectivity index (χ0) is 13.4. The normalized spacial score (nSPS) is 21.9. The van der Waals surface area contributed by atoms with Crippen LogP contribution in [-0.4, -0.2) is 37.1 Å². The van der Waals surface area contributed by atoms with Gasteiger partial charge in [-0.3, -0.25) is 0 Å². The van der Waals surface area contributed by atoms with Crippen molar-refractivity contribution in [3.63, 3.8) is 0 Å². The Morgan fingerprint density at radius 3 is 1.89 bits per heavy atom. The summed E-state index contributed by atoms with van der Waals surface area (Å²) in [5.74, 6) is 0. The summed E-state index contributed by atoms with van der Waals surface area (Å²) in [6.45, 7) is 5.59. The van der Waals surface area contributed by atoms with Crippen LogP contribution >= 0.6 is 0 Å². The molecule has 0 aromatic carbocycles. The molecular formula is C16H31NO2. The second-order valence-corrected chi connectivity index (χ2v) is 6.30. The number of fused-ring (bicyclic) bond motifs is 1. The Labute approximate surface area is 118 Å². The van der Waals surface area contributed by atoms with Crippen molar-refractivity contribution >= 4 is 0 Å². The molecule has 0 saturated carbocycles. The van der Waals surface area contributed by atoms with E-state index in [9.17, 15) is 0 Å². The quantitative estimate of drug-likeness (QED) is 0.561. The van der Waals surface area contributed by atoms with Crippen LogP contribution in [0.5, 0.6) is 0 Å². The van der Waals surface area contributed by atoms with Gasteiger partial charge in [0.1, 0.15) is 13.5 Å². The van der Waals surface area contributed by atoms with Crippen LogP contribution in [0.3, 0.4) is 0 Å². The monoisotopic (exact) mass is 269 g/mol.